The zero-order chi connectivity index (χ0) is 13.7. The van der Waals surface area contributed by atoms with Crippen molar-refractivity contribution in [3.05, 3.63) is 21.9 Å². The summed E-state index contributed by atoms with van der Waals surface area (Å²) < 4.78 is 0. The molecule has 0 saturated heterocycles. The molecule has 0 aromatic carbocycles. The SMILES string of the molecule is CCc1ccc(C(=O)N(CC)CC(C)C(N)=S)s1. The largest absolute Gasteiger partial charge is 0.393 e. The number of carbonyl (C=O) groups is 1. The van der Waals surface area contributed by atoms with E-state index in [1.54, 1.807) is 16.2 Å². The number of rotatable bonds is 6. The molecule has 1 rings (SSSR count). The van der Waals surface area contributed by atoms with Crippen molar-refractivity contribution in [2.45, 2.75) is 27.2 Å². The Morgan fingerprint density at radius 3 is 2.61 bits per heavy atom. The minimum Gasteiger partial charge on any atom is -0.393 e. The van der Waals surface area contributed by atoms with Crippen molar-refractivity contribution in [3.63, 3.8) is 0 Å². The third kappa shape index (κ3) is 3.78. The number of amides is 1. The molecule has 0 spiro atoms. The molecule has 0 aliphatic carbocycles. The van der Waals surface area contributed by atoms with Gasteiger partial charge in [-0.15, -0.1) is 11.3 Å². The third-order valence-corrected chi connectivity index (χ3v) is 4.49. The van der Waals surface area contributed by atoms with Gasteiger partial charge in [0.1, 0.15) is 0 Å². The first-order valence-electron chi connectivity index (χ1n) is 6.16. The van der Waals surface area contributed by atoms with E-state index in [-0.39, 0.29) is 11.8 Å². The molecule has 1 aromatic rings. The maximum absolute atomic E-state index is 12.3. The second-order valence-corrected chi connectivity index (χ2v) is 5.91. The summed E-state index contributed by atoms with van der Waals surface area (Å²) in [5.74, 6) is 0.125. The lowest BCUT2D eigenvalue weighted by atomic mass is 10.1. The van der Waals surface area contributed by atoms with Gasteiger partial charge in [0, 0.05) is 23.9 Å². The van der Waals surface area contributed by atoms with Crippen molar-refractivity contribution in [1.82, 2.24) is 4.90 Å². The second-order valence-electron chi connectivity index (χ2n) is 4.27. The molecule has 1 amide bonds. The summed E-state index contributed by atoms with van der Waals surface area (Å²) in [4.78, 5) is 16.6. The molecule has 2 N–H and O–H groups in total. The van der Waals surface area contributed by atoms with Crippen LogP contribution in [0.15, 0.2) is 12.1 Å². The highest BCUT2D eigenvalue weighted by atomic mass is 32.1. The number of thiophene rings is 1. The van der Waals surface area contributed by atoms with Gasteiger partial charge in [0.2, 0.25) is 0 Å². The fourth-order valence-electron chi connectivity index (χ4n) is 1.61. The number of carbonyl (C=O) groups excluding carboxylic acids is 1. The molecular formula is C13H20N2OS2. The zero-order valence-electron chi connectivity index (χ0n) is 11.1. The van der Waals surface area contributed by atoms with Gasteiger partial charge >= 0.3 is 0 Å². The van der Waals surface area contributed by atoms with Crippen molar-refractivity contribution in [2.75, 3.05) is 13.1 Å². The molecule has 1 aromatic heterocycles. The van der Waals surface area contributed by atoms with Gasteiger partial charge in [0.05, 0.1) is 9.87 Å². The molecule has 0 bridgehead atoms. The highest BCUT2D eigenvalue weighted by Gasteiger charge is 2.19. The van der Waals surface area contributed by atoms with E-state index in [1.165, 1.54) is 4.88 Å². The van der Waals surface area contributed by atoms with E-state index >= 15 is 0 Å². The molecule has 0 fully saturated rings. The quantitative estimate of drug-likeness (QED) is 0.817. The second kappa shape index (κ2) is 6.85. The van der Waals surface area contributed by atoms with Gasteiger partial charge in [0.15, 0.2) is 0 Å². The standard InChI is InChI=1S/C13H20N2OS2/c1-4-10-6-7-11(18-10)13(16)15(5-2)8-9(3)12(14)17/h6-7,9H,4-5,8H2,1-3H3,(H2,14,17). The van der Waals surface area contributed by atoms with Crippen LogP contribution < -0.4 is 5.73 Å². The fourth-order valence-corrected chi connectivity index (χ4v) is 2.60. The van der Waals surface area contributed by atoms with E-state index in [0.29, 0.717) is 18.1 Å². The Morgan fingerprint density at radius 2 is 2.17 bits per heavy atom. The first kappa shape index (κ1) is 15.1. The Bertz CT molecular complexity index is 428. The van der Waals surface area contributed by atoms with Gasteiger partial charge < -0.3 is 10.6 Å². The number of nitrogens with zero attached hydrogens (tertiary/aromatic N) is 1. The van der Waals surface area contributed by atoms with Gasteiger partial charge in [-0.3, -0.25) is 4.79 Å². The van der Waals surface area contributed by atoms with Crippen LogP contribution in [0, 0.1) is 5.92 Å². The van der Waals surface area contributed by atoms with Gasteiger partial charge in [-0.2, -0.15) is 0 Å². The van der Waals surface area contributed by atoms with Gasteiger partial charge in [0.25, 0.3) is 5.91 Å². The highest BCUT2D eigenvalue weighted by Crippen LogP contribution is 2.19. The van der Waals surface area contributed by atoms with Crippen LogP contribution in [0.3, 0.4) is 0 Å². The smallest absolute Gasteiger partial charge is 0.263 e. The van der Waals surface area contributed by atoms with Crippen LogP contribution in [0.5, 0.6) is 0 Å². The molecule has 0 radical (unpaired) electrons. The Labute approximate surface area is 118 Å². The van der Waals surface area contributed by atoms with Gasteiger partial charge in [-0.25, -0.2) is 0 Å². The predicted octanol–water partition coefficient (Wildman–Crippen LogP) is 2.69. The maximum atomic E-state index is 12.3. The first-order valence-corrected chi connectivity index (χ1v) is 7.39. The lowest BCUT2D eigenvalue weighted by Gasteiger charge is -2.23. The van der Waals surface area contributed by atoms with Crippen molar-refractivity contribution in [1.29, 1.82) is 0 Å². The summed E-state index contributed by atoms with van der Waals surface area (Å²) in [6.07, 6.45) is 0.966. The average Bonchev–Trinajstić information content (AvgIpc) is 2.83. The molecule has 1 heterocycles. The molecule has 5 heteroatoms. The van der Waals surface area contributed by atoms with E-state index in [0.717, 1.165) is 11.3 Å². The van der Waals surface area contributed by atoms with Crippen LogP contribution in [0.1, 0.15) is 35.3 Å². The fraction of sp³-hybridized carbons (Fsp3) is 0.538. The molecule has 18 heavy (non-hydrogen) atoms. The van der Waals surface area contributed by atoms with Crippen LogP contribution in [0.25, 0.3) is 0 Å². The minimum atomic E-state index is 0.0505. The summed E-state index contributed by atoms with van der Waals surface area (Å²) in [6.45, 7) is 7.27. The molecule has 0 aliphatic rings. The lowest BCUT2D eigenvalue weighted by Crippen LogP contribution is -2.37. The predicted molar refractivity (Wildman–Crippen MR) is 81.2 cm³/mol. The summed E-state index contributed by atoms with van der Waals surface area (Å²) in [5, 5.41) is 0. The van der Waals surface area contributed by atoms with Crippen LogP contribution >= 0.6 is 23.6 Å². The van der Waals surface area contributed by atoms with Crippen LogP contribution in [-0.4, -0.2) is 28.9 Å². The number of thiocarbonyl (C=S) groups is 1. The summed E-state index contributed by atoms with van der Waals surface area (Å²) in [6, 6.07) is 3.92. The average molecular weight is 284 g/mol. The first-order chi connectivity index (χ1) is 8.49. The lowest BCUT2D eigenvalue weighted by molar-refractivity contribution is 0.0760. The van der Waals surface area contributed by atoms with Crippen LogP contribution in [-0.2, 0) is 6.42 Å². The molecule has 0 aliphatic heterocycles. The highest BCUT2D eigenvalue weighted by molar-refractivity contribution is 7.80. The topological polar surface area (TPSA) is 46.3 Å². The van der Waals surface area contributed by atoms with Crippen LogP contribution in [0.2, 0.25) is 0 Å². The van der Waals surface area contributed by atoms with Crippen molar-refractivity contribution in [2.24, 2.45) is 11.7 Å². The third-order valence-electron chi connectivity index (χ3n) is 2.87. The van der Waals surface area contributed by atoms with E-state index in [9.17, 15) is 4.79 Å². The summed E-state index contributed by atoms with van der Waals surface area (Å²) in [5.41, 5.74) is 5.60. The van der Waals surface area contributed by atoms with Crippen LogP contribution in [0.4, 0.5) is 0 Å². The van der Waals surface area contributed by atoms with Crippen molar-refractivity contribution < 1.29 is 4.79 Å². The van der Waals surface area contributed by atoms with E-state index in [1.807, 2.05) is 26.0 Å². The monoisotopic (exact) mass is 284 g/mol. The van der Waals surface area contributed by atoms with E-state index in [4.69, 9.17) is 18.0 Å². The van der Waals surface area contributed by atoms with E-state index < -0.39 is 0 Å². The molecule has 100 valence electrons. The van der Waals surface area contributed by atoms with E-state index in [2.05, 4.69) is 6.92 Å². The molecule has 1 unspecified atom stereocenters. The van der Waals surface area contributed by atoms with Gasteiger partial charge in [-0.05, 0) is 25.5 Å². The normalized spacial score (nSPS) is 12.2. The Hall–Kier alpha value is -0.940. The minimum absolute atomic E-state index is 0.0505. The number of hydrogen-bond acceptors (Lipinski definition) is 3. The maximum Gasteiger partial charge on any atom is 0.263 e. The van der Waals surface area contributed by atoms with Crippen molar-refractivity contribution >= 4 is 34.5 Å². The zero-order valence-corrected chi connectivity index (χ0v) is 12.7. The molecular weight excluding hydrogens is 264 g/mol. The Kier molecular flexibility index (Phi) is 5.75. The Morgan fingerprint density at radius 1 is 1.50 bits per heavy atom. The summed E-state index contributed by atoms with van der Waals surface area (Å²) >= 11 is 6.52. The number of nitrogens with two attached hydrogens (primary N) is 1. The van der Waals surface area contributed by atoms with Gasteiger partial charge in [-0.1, -0.05) is 26.1 Å². The molecule has 0 saturated carbocycles. The Balaban J connectivity index is 2.75. The number of aryl methyl sites for hydroxylation is 1. The molecule has 3 nitrogen and oxygen atoms in total. The molecule has 1 atom stereocenters. The summed E-state index contributed by atoms with van der Waals surface area (Å²) in [7, 11) is 0. The number of hydrogen-bond donors (Lipinski definition) is 1. The van der Waals surface area contributed by atoms with Crippen molar-refractivity contribution in [3.8, 4) is 0 Å².